The molecule has 4 N–H and O–H groups in total. The maximum atomic E-state index is 12.6. The summed E-state index contributed by atoms with van der Waals surface area (Å²) in [4.78, 5) is 46.2. The van der Waals surface area contributed by atoms with Crippen molar-refractivity contribution >= 4 is 51.7 Å². The number of nitrogens with one attached hydrogen (secondary N) is 1. The molecule has 0 radical (unpaired) electrons. The molecule has 12 heteroatoms. The van der Waals surface area contributed by atoms with Gasteiger partial charge >= 0.3 is 5.97 Å². The summed E-state index contributed by atoms with van der Waals surface area (Å²) in [6.45, 7) is 0. The van der Waals surface area contributed by atoms with Crippen LogP contribution in [0.25, 0.3) is 0 Å². The fourth-order valence-corrected chi connectivity index (χ4v) is 4.47. The van der Waals surface area contributed by atoms with Crippen molar-refractivity contribution in [1.82, 2.24) is 15.2 Å². The molecule has 2 amide bonds. The molecular formula is C15H13N5O5S2. The van der Waals surface area contributed by atoms with Crippen LogP contribution in [0, 0.1) is 12.3 Å². The van der Waals surface area contributed by atoms with E-state index in [4.69, 9.17) is 12.2 Å². The van der Waals surface area contributed by atoms with Gasteiger partial charge in [-0.3, -0.25) is 14.5 Å². The third-order valence-electron chi connectivity index (χ3n) is 3.79. The second-order valence-electron chi connectivity index (χ2n) is 5.33. The molecule has 0 aromatic carbocycles. The van der Waals surface area contributed by atoms with Gasteiger partial charge in [0.2, 0.25) is 0 Å². The molecule has 0 bridgehead atoms. The largest absolute Gasteiger partial charge is 0.477 e. The van der Waals surface area contributed by atoms with E-state index >= 15 is 0 Å². The predicted octanol–water partition coefficient (Wildman–Crippen LogP) is -0.552. The Labute approximate surface area is 161 Å². The van der Waals surface area contributed by atoms with Crippen molar-refractivity contribution in [1.29, 1.82) is 0 Å². The van der Waals surface area contributed by atoms with Gasteiger partial charge in [-0.25, -0.2) is 9.78 Å². The Hall–Kier alpha value is -3.04. The Morgan fingerprint density at radius 3 is 2.89 bits per heavy atom. The van der Waals surface area contributed by atoms with E-state index in [1.165, 1.54) is 24.3 Å². The normalized spacial score (nSPS) is 21.9. The number of aliphatic carboxylic acids is 1. The number of nitrogens with two attached hydrogens (primary N) is 1. The maximum Gasteiger partial charge on any atom is 0.353 e. The van der Waals surface area contributed by atoms with Gasteiger partial charge in [0.05, 0.1) is 0 Å². The first kappa shape index (κ1) is 18.7. The van der Waals surface area contributed by atoms with Gasteiger partial charge in [-0.2, -0.15) is 0 Å². The second-order valence-corrected chi connectivity index (χ2v) is 7.33. The Balaban J connectivity index is 1.80. The van der Waals surface area contributed by atoms with Crippen molar-refractivity contribution in [2.45, 2.75) is 11.4 Å². The highest BCUT2D eigenvalue weighted by molar-refractivity contribution is 8.00. The number of oxime groups is 1. The van der Waals surface area contributed by atoms with Crippen molar-refractivity contribution in [3.8, 4) is 12.3 Å². The molecule has 3 rings (SSSR count). The number of aromatic nitrogens is 1. The third-order valence-corrected chi connectivity index (χ3v) is 5.75. The predicted molar refractivity (Wildman–Crippen MR) is 98.6 cm³/mol. The Kier molecular flexibility index (Phi) is 5.06. The van der Waals surface area contributed by atoms with E-state index < -0.39 is 29.2 Å². The molecule has 2 aliphatic heterocycles. The SMILES string of the molecule is C#CC1=C(C(=O)O)N2C(=O)C(NC(=O)/C(=N/OC)c3csc(N)n3)[C@H]2SC1. The number of rotatable bonds is 5. The average molecular weight is 407 g/mol. The molecule has 1 aromatic heterocycles. The molecule has 1 saturated heterocycles. The van der Waals surface area contributed by atoms with Gasteiger partial charge in [0.1, 0.15) is 29.9 Å². The Morgan fingerprint density at radius 2 is 2.33 bits per heavy atom. The molecule has 140 valence electrons. The van der Waals surface area contributed by atoms with Crippen LogP contribution < -0.4 is 11.1 Å². The fourth-order valence-electron chi connectivity index (χ4n) is 2.63. The number of terminal acetylenes is 1. The van der Waals surface area contributed by atoms with Crippen LogP contribution in [0.3, 0.4) is 0 Å². The number of carboxylic acid groups (broad SMARTS) is 1. The highest BCUT2D eigenvalue weighted by Crippen LogP contribution is 2.40. The first-order chi connectivity index (χ1) is 12.9. The number of hydrogen-bond donors (Lipinski definition) is 3. The van der Waals surface area contributed by atoms with Gasteiger partial charge < -0.3 is 21.0 Å². The quantitative estimate of drug-likeness (QED) is 0.255. The minimum atomic E-state index is -1.29. The fraction of sp³-hybridized carbons (Fsp3) is 0.267. The molecule has 2 aliphatic rings. The number of fused-ring (bicyclic) bond motifs is 1. The summed E-state index contributed by atoms with van der Waals surface area (Å²) in [6.07, 6.45) is 5.33. The van der Waals surface area contributed by atoms with Gasteiger partial charge in [0.25, 0.3) is 11.8 Å². The number of nitrogens with zero attached hydrogens (tertiary/aromatic N) is 3. The number of hydrogen-bond acceptors (Lipinski definition) is 9. The van der Waals surface area contributed by atoms with Crippen LogP contribution >= 0.6 is 23.1 Å². The number of β-lactam (4-membered cyclic amide) rings is 1. The van der Waals surface area contributed by atoms with E-state index in [-0.39, 0.29) is 33.6 Å². The van der Waals surface area contributed by atoms with Gasteiger partial charge in [-0.1, -0.05) is 11.1 Å². The minimum absolute atomic E-state index is 0.143. The lowest BCUT2D eigenvalue weighted by Gasteiger charge is -2.48. The highest BCUT2D eigenvalue weighted by atomic mass is 32.2. The van der Waals surface area contributed by atoms with Crippen LogP contribution in [-0.4, -0.2) is 62.8 Å². The van der Waals surface area contributed by atoms with E-state index in [1.807, 2.05) is 0 Å². The first-order valence-corrected chi connectivity index (χ1v) is 9.33. The van der Waals surface area contributed by atoms with Crippen LogP contribution in [-0.2, 0) is 19.2 Å². The van der Waals surface area contributed by atoms with Crippen molar-refractivity contribution in [2.75, 3.05) is 18.6 Å². The van der Waals surface area contributed by atoms with Gasteiger partial charge in [-0.15, -0.1) is 29.5 Å². The average Bonchev–Trinajstić information content (AvgIpc) is 3.08. The lowest BCUT2D eigenvalue weighted by molar-refractivity contribution is -0.150. The monoisotopic (exact) mass is 407 g/mol. The maximum absolute atomic E-state index is 12.6. The van der Waals surface area contributed by atoms with Crippen LogP contribution in [0.2, 0.25) is 0 Å². The summed E-state index contributed by atoms with van der Waals surface area (Å²) < 4.78 is 0. The van der Waals surface area contributed by atoms with Crippen LogP contribution in [0.1, 0.15) is 5.69 Å². The molecule has 0 spiro atoms. The molecule has 10 nitrogen and oxygen atoms in total. The number of thioether (sulfide) groups is 1. The molecular weight excluding hydrogens is 394 g/mol. The summed E-state index contributed by atoms with van der Waals surface area (Å²) in [5.41, 5.74) is 5.63. The summed E-state index contributed by atoms with van der Waals surface area (Å²) in [5.74, 6) is 0.00209. The van der Waals surface area contributed by atoms with Crippen molar-refractivity contribution in [3.63, 3.8) is 0 Å². The third kappa shape index (κ3) is 3.22. The van der Waals surface area contributed by atoms with Crippen LogP contribution in [0.4, 0.5) is 5.13 Å². The summed E-state index contributed by atoms with van der Waals surface area (Å²) in [7, 11) is 1.27. The van der Waals surface area contributed by atoms with E-state index in [0.29, 0.717) is 0 Å². The highest BCUT2D eigenvalue weighted by Gasteiger charge is 2.54. The first-order valence-electron chi connectivity index (χ1n) is 7.40. The standard InChI is InChI=1S/C15H13N5O5S2/c1-3-6-4-26-13-9(12(22)20(13)10(6)14(23)24)18-11(21)8(19-25-2)7-5-27-15(16)17-7/h1,5,9,13H,4H2,2H3,(H2,16,17)(H,18,21)(H,23,24)/b19-8+/t9?,13-/m1/s1. The van der Waals surface area contributed by atoms with E-state index in [9.17, 15) is 19.5 Å². The molecule has 2 atom stereocenters. The van der Waals surface area contributed by atoms with Crippen LogP contribution in [0.15, 0.2) is 21.8 Å². The van der Waals surface area contributed by atoms with Crippen molar-refractivity contribution in [3.05, 3.63) is 22.3 Å². The second kappa shape index (κ2) is 7.29. The summed E-state index contributed by atoms with van der Waals surface area (Å²) in [5, 5.41) is 16.7. The molecule has 3 heterocycles. The van der Waals surface area contributed by atoms with Gasteiger partial charge in [0.15, 0.2) is 10.8 Å². The van der Waals surface area contributed by atoms with E-state index in [2.05, 4.69) is 26.2 Å². The Bertz CT molecular complexity index is 931. The molecule has 1 fully saturated rings. The molecule has 1 aromatic rings. The summed E-state index contributed by atoms with van der Waals surface area (Å²) >= 11 is 2.39. The Morgan fingerprint density at radius 1 is 1.59 bits per heavy atom. The lowest BCUT2D eigenvalue weighted by atomic mass is 10.0. The number of carbonyl (C=O) groups is 3. The summed E-state index contributed by atoms with van der Waals surface area (Å²) in [6, 6.07) is -0.922. The van der Waals surface area contributed by atoms with Crippen molar-refractivity contribution < 1.29 is 24.3 Å². The zero-order valence-corrected chi connectivity index (χ0v) is 15.5. The molecule has 1 unspecified atom stereocenters. The van der Waals surface area contributed by atoms with Crippen molar-refractivity contribution in [2.24, 2.45) is 5.16 Å². The van der Waals surface area contributed by atoms with Gasteiger partial charge in [-0.05, 0) is 0 Å². The van der Waals surface area contributed by atoms with E-state index in [1.54, 1.807) is 0 Å². The number of thiazole rings is 1. The number of amides is 2. The lowest BCUT2D eigenvalue weighted by Crippen LogP contribution is -2.71. The van der Waals surface area contributed by atoms with E-state index in [0.717, 1.165) is 16.2 Å². The van der Waals surface area contributed by atoms with Crippen LogP contribution in [0.5, 0.6) is 0 Å². The molecule has 27 heavy (non-hydrogen) atoms. The number of nitrogen functional groups attached to an aromatic ring is 1. The van der Waals surface area contributed by atoms with Gasteiger partial charge in [0, 0.05) is 16.7 Å². The zero-order chi connectivity index (χ0) is 19.7. The smallest absolute Gasteiger partial charge is 0.353 e. The minimum Gasteiger partial charge on any atom is -0.477 e. The topological polar surface area (TPSA) is 147 Å². The molecule has 0 saturated carbocycles. The number of anilines is 1. The zero-order valence-electron chi connectivity index (χ0n) is 13.8. The number of carboxylic acids is 1. The molecule has 0 aliphatic carbocycles. The number of carbonyl (C=O) groups excluding carboxylic acids is 2.